The van der Waals surface area contributed by atoms with Gasteiger partial charge in [0.2, 0.25) is 0 Å². The van der Waals surface area contributed by atoms with Gasteiger partial charge in [-0.15, -0.1) is 11.3 Å². The van der Waals surface area contributed by atoms with Gasteiger partial charge in [0.05, 0.1) is 15.2 Å². The highest BCUT2D eigenvalue weighted by Gasteiger charge is 2.02. The van der Waals surface area contributed by atoms with Crippen LogP contribution in [0.15, 0.2) is 54.6 Å². The van der Waals surface area contributed by atoms with E-state index in [0.29, 0.717) is 0 Å². The normalized spacial score (nSPS) is 10.7. The van der Waals surface area contributed by atoms with Crippen LogP contribution >= 0.6 is 11.3 Å². The molecule has 1 aromatic heterocycles. The van der Waals surface area contributed by atoms with E-state index in [2.05, 4.69) is 40.6 Å². The third kappa shape index (κ3) is 2.51. The molecule has 0 bridgehead atoms. The summed E-state index contributed by atoms with van der Waals surface area (Å²) in [6.07, 6.45) is 0.967. The van der Waals surface area contributed by atoms with Gasteiger partial charge in [0.1, 0.15) is 0 Å². The Kier molecular flexibility index (Phi) is 3.24. The minimum Gasteiger partial charge on any atom is -0.385 e. The molecule has 0 aliphatic heterocycles. The van der Waals surface area contributed by atoms with Crippen LogP contribution in [0, 0.1) is 0 Å². The largest absolute Gasteiger partial charge is 0.385 e. The highest BCUT2D eigenvalue weighted by molar-refractivity contribution is 7.18. The van der Waals surface area contributed by atoms with E-state index in [1.54, 1.807) is 11.3 Å². The Morgan fingerprint density at radius 1 is 0.944 bits per heavy atom. The van der Waals surface area contributed by atoms with Gasteiger partial charge in [0, 0.05) is 18.7 Å². The second-order valence-electron chi connectivity index (χ2n) is 4.12. The summed E-state index contributed by atoms with van der Waals surface area (Å²) in [7, 11) is 0. The molecule has 0 fully saturated rings. The summed E-state index contributed by atoms with van der Waals surface area (Å²) >= 11 is 1.78. The lowest BCUT2D eigenvalue weighted by atomic mass is 10.3. The second-order valence-corrected chi connectivity index (χ2v) is 5.23. The molecule has 18 heavy (non-hydrogen) atoms. The molecule has 0 unspecified atom stereocenters. The second kappa shape index (κ2) is 5.19. The molecule has 0 saturated carbocycles. The van der Waals surface area contributed by atoms with Gasteiger partial charge < -0.3 is 5.32 Å². The minimum absolute atomic E-state index is 0.920. The first-order chi connectivity index (χ1) is 8.92. The molecule has 2 nitrogen and oxygen atoms in total. The fraction of sp³-hybridized carbons (Fsp3) is 0.133. The molecule has 0 spiro atoms. The molecule has 0 aliphatic carbocycles. The standard InChI is InChI=1S/C15H14N2S/c1-2-6-12(7-3-1)16-11-10-15-17-13-8-4-5-9-14(13)18-15/h1-9,16H,10-11H2. The van der Waals surface area contributed by atoms with Gasteiger partial charge >= 0.3 is 0 Å². The molecular weight excluding hydrogens is 240 g/mol. The predicted octanol–water partition coefficient (Wildman–Crippen LogP) is 3.95. The number of fused-ring (bicyclic) bond motifs is 1. The first-order valence-electron chi connectivity index (χ1n) is 6.05. The van der Waals surface area contributed by atoms with Gasteiger partial charge in [-0.3, -0.25) is 0 Å². The molecule has 0 atom stereocenters. The maximum absolute atomic E-state index is 4.62. The van der Waals surface area contributed by atoms with Crippen molar-refractivity contribution >= 4 is 27.2 Å². The number of hydrogen-bond donors (Lipinski definition) is 1. The van der Waals surface area contributed by atoms with Gasteiger partial charge in [-0.1, -0.05) is 30.3 Å². The fourth-order valence-corrected chi connectivity index (χ4v) is 2.86. The number of hydrogen-bond acceptors (Lipinski definition) is 3. The summed E-state index contributed by atoms with van der Waals surface area (Å²) < 4.78 is 1.27. The van der Waals surface area contributed by atoms with Crippen LogP contribution < -0.4 is 5.32 Å². The lowest BCUT2D eigenvalue weighted by Crippen LogP contribution is -2.04. The highest BCUT2D eigenvalue weighted by atomic mass is 32.1. The van der Waals surface area contributed by atoms with Crippen LogP contribution in [0.2, 0.25) is 0 Å². The van der Waals surface area contributed by atoms with Gasteiger partial charge in [0.15, 0.2) is 0 Å². The lowest BCUT2D eigenvalue weighted by Gasteiger charge is -2.03. The first kappa shape index (κ1) is 11.2. The van der Waals surface area contributed by atoms with Crippen LogP contribution in [0.3, 0.4) is 0 Å². The third-order valence-corrected chi connectivity index (χ3v) is 3.88. The lowest BCUT2D eigenvalue weighted by molar-refractivity contribution is 1.00. The molecule has 2 aromatic carbocycles. The molecular formula is C15H14N2S. The fourth-order valence-electron chi connectivity index (χ4n) is 1.90. The summed E-state index contributed by atoms with van der Waals surface area (Å²) in [6.45, 7) is 0.920. The van der Waals surface area contributed by atoms with E-state index >= 15 is 0 Å². The van der Waals surface area contributed by atoms with E-state index < -0.39 is 0 Å². The molecule has 0 amide bonds. The Morgan fingerprint density at radius 3 is 2.56 bits per heavy atom. The first-order valence-corrected chi connectivity index (χ1v) is 6.87. The van der Waals surface area contributed by atoms with Crippen LogP contribution in [0.4, 0.5) is 5.69 Å². The van der Waals surface area contributed by atoms with Crippen LogP contribution in [0.25, 0.3) is 10.2 Å². The van der Waals surface area contributed by atoms with Crippen molar-refractivity contribution in [3.63, 3.8) is 0 Å². The summed E-state index contributed by atoms with van der Waals surface area (Å²) in [5, 5.41) is 4.60. The van der Waals surface area contributed by atoms with E-state index in [-0.39, 0.29) is 0 Å². The van der Waals surface area contributed by atoms with Crippen LogP contribution in [-0.4, -0.2) is 11.5 Å². The average Bonchev–Trinajstić information content (AvgIpc) is 2.82. The van der Waals surface area contributed by atoms with Gasteiger partial charge in [-0.2, -0.15) is 0 Å². The zero-order chi connectivity index (χ0) is 12.2. The number of nitrogens with one attached hydrogen (secondary N) is 1. The monoisotopic (exact) mass is 254 g/mol. The number of nitrogens with zero attached hydrogens (tertiary/aromatic N) is 1. The summed E-state index contributed by atoms with van der Waals surface area (Å²) in [5.41, 5.74) is 2.27. The molecule has 0 aliphatic rings. The van der Waals surface area contributed by atoms with Crippen molar-refractivity contribution < 1.29 is 0 Å². The topological polar surface area (TPSA) is 24.9 Å². The van der Waals surface area contributed by atoms with Crippen molar-refractivity contribution in [2.45, 2.75) is 6.42 Å². The number of benzene rings is 2. The Hall–Kier alpha value is -1.87. The van der Waals surface area contributed by atoms with E-state index in [1.807, 2.05) is 24.3 Å². The molecule has 0 saturated heterocycles. The number of thiazole rings is 1. The third-order valence-electron chi connectivity index (χ3n) is 2.78. The highest BCUT2D eigenvalue weighted by Crippen LogP contribution is 2.21. The maximum atomic E-state index is 4.62. The average molecular weight is 254 g/mol. The Balaban J connectivity index is 1.63. The molecule has 1 N–H and O–H groups in total. The van der Waals surface area contributed by atoms with Crippen LogP contribution in [0.5, 0.6) is 0 Å². The van der Waals surface area contributed by atoms with Crippen LogP contribution in [0.1, 0.15) is 5.01 Å². The summed E-state index contributed by atoms with van der Waals surface area (Å²) in [4.78, 5) is 4.62. The van der Waals surface area contributed by atoms with Gasteiger partial charge in [0.25, 0.3) is 0 Å². The van der Waals surface area contributed by atoms with E-state index in [4.69, 9.17) is 0 Å². The molecule has 0 radical (unpaired) electrons. The maximum Gasteiger partial charge on any atom is 0.0956 e. The van der Waals surface area contributed by atoms with Crippen molar-refractivity contribution in [3.05, 3.63) is 59.6 Å². The summed E-state index contributed by atoms with van der Waals surface area (Å²) in [5.74, 6) is 0. The number of para-hydroxylation sites is 2. The van der Waals surface area contributed by atoms with Crippen molar-refractivity contribution in [2.75, 3.05) is 11.9 Å². The molecule has 1 heterocycles. The smallest absolute Gasteiger partial charge is 0.0956 e. The zero-order valence-electron chi connectivity index (χ0n) is 9.97. The van der Waals surface area contributed by atoms with Gasteiger partial charge in [-0.25, -0.2) is 4.98 Å². The summed E-state index contributed by atoms with van der Waals surface area (Å²) in [6, 6.07) is 18.6. The molecule has 3 heteroatoms. The van der Waals surface area contributed by atoms with E-state index in [1.165, 1.54) is 15.4 Å². The SMILES string of the molecule is c1ccc(NCCc2nc3ccccc3s2)cc1. The Labute approximate surface area is 110 Å². The quantitative estimate of drug-likeness (QED) is 0.762. The Bertz CT molecular complexity index is 598. The van der Waals surface area contributed by atoms with E-state index in [0.717, 1.165) is 18.5 Å². The Morgan fingerprint density at radius 2 is 1.72 bits per heavy atom. The van der Waals surface area contributed by atoms with Gasteiger partial charge in [-0.05, 0) is 24.3 Å². The number of rotatable bonds is 4. The van der Waals surface area contributed by atoms with E-state index in [9.17, 15) is 0 Å². The molecule has 3 aromatic rings. The van der Waals surface area contributed by atoms with Crippen molar-refractivity contribution in [3.8, 4) is 0 Å². The van der Waals surface area contributed by atoms with Crippen molar-refractivity contribution in [1.29, 1.82) is 0 Å². The van der Waals surface area contributed by atoms with Crippen LogP contribution in [-0.2, 0) is 6.42 Å². The predicted molar refractivity (Wildman–Crippen MR) is 78.3 cm³/mol. The number of anilines is 1. The number of aromatic nitrogens is 1. The van der Waals surface area contributed by atoms with Crippen molar-refractivity contribution in [1.82, 2.24) is 4.98 Å². The van der Waals surface area contributed by atoms with Crippen molar-refractivity contribution in [2.24, 2.45) is 0 Å². The minimum atomic E-state index is 0.920. The molecule has 90 valence electrons. The zero-order valence-corrected chi connectivity index (χ0v) is 10.8. The molecule has 3 rings (SSSR count).